The average molecular weight is 271 g/mol. The Kier molecular flexibility index (Phi) is 3.83. The Labute approximate surface area is 110 Å². The smallest absolute Gasteiger partial charge is 0.326 e. The van der Waals surface area contributed by atoms with Crippen LogP contribution in [-0.2, 0) is 9.53 Å². The second kappa shape index (κ2) is 5.24. The summed E-state index contributed by atoms with van der Waals surface area (Å²) in [5.74, 6) is -0.759. The van der Waals surface area contributed by atoms with E-state index < -0.39 is 36.5 Å². The summed E-state index contributed by atoms with van der Waals surface area (Å²) in [6.07, 6.45) is -2.80. The van der Waals surface area contributed by atoms with Crippen molar-refractivity contribution in [3.63, 3.8) is 0 Å². The van der Waals surface area contributed by atoms with Gasteiger partial charge in [-0.15, -0.1) is 0 Å². The Morgan fingerprint density at radius 1 is 1.42 bits per heavy atom. The summed E-state index contributed by atoms with van der Waals surface area (Å²) in [5.41, 5.74) is 0. The number of aliphatic hydroxyl groups excluding tert-OH is 2. The highest BCUT2D eigenvalue weighted by Crippen LogP contribution is 2.25. The lowest BCUT2D eigenvalue weighted by Gasteiger charge is -2.35. The quantitative estimate of drug-likeness (QED) is 0.519. The van der Waals surface area contributed by atoms with Crippen LogP contribution >= 0.6 is 0 Å². The molecule has 19 heavy (non-hydrogen) atoms. The summed E-state index contributed by atoms with van der Waals surface area (Å²) in [4.78, 5) is 28.0. The first kappa shape index (κ1) is 13.9. The van der Waals surface area contributed by atoms with E-state index in [-0.39, 0.29) is 12.5 Å². The van der Waals surface area contributed by atoms with Crippen molar-refractivity contribution in [2.24, 2.45) is 10.9 Å². The van der Waals surface area contributed by atoms with Crippen LogP contribution in [0.3, 0.4) is 0 Å². The van der Waals surface area contributed by atoms with Crippen LogP contribution in [0.15, 0.2) is 4.99 Å². The fourth-order valence-electron chi connectivity index (χ4n) is 2.19. The largest absolute Gasteiger partial charge is 0.387 e. The lowest BCUT2D eigenvalue weighted by molar-refractivity contribution is -0.129. The lowest BCUT2D eigenvalue weighted by atomic mass is 10.1. The van der Waals surface area contributed by atoms with Gasteiger partial charge in [0.1, 0.15) is 18.3 Å². The number of imide groups is 1. The summed E-state index contributed by atoms with van der Waals surface area (Å²) in [6, 6.07) is -0.631. The van der Waals surface area contributed by atoms with Gasteiger partial charge in [-0.05, 0) is 0 Å². The Bertz CT molecular complexity index is 413. The Morgan fingerprint density at radius 3 is 2.74 bits per heavy atom. The van der Waals surface area contributed by atoms with Crippen LogP contribution in [0.5, 0.6) is 0 Å². The highest BCUT2D eigenvalue weighted by molar-refractivity contribution is 5.97. The van der Waals surface area contributed by atoms with Gasteiger partial charge < -0.3 is 14.9 Å². The maximum Gasteiger partial charge on any atom is 0.326 e. The molecular formula is C11H17N3O5. The van der Waals surface area contributed by atoms with Crippen molar-refractivity contribution in [2.45, 2.75) is 31.5 Å². The number of nitrogens with one attached hydrogen (secondary N) is 1. The average Bonchev–Trinajstić information content (AvgIpc) is 2.63. The predicted molar refractivity (Wildman–Crippen MR) is 64.5 cm³/mol. The number of nitrogens with zero attached hydrogens (tertiary/aromatic N) is 2. The van der Waals surface area contributed by atoms with Gasteiger partial charge in [0.25, 0.3) is 0 Å². The molecule has 0 bridgehead atoms. The minimum absolute atomic E-state index is 0.134. The zero-order valence-electron chi connectivity index (χ0n) is 10.7. The second-order valence-electron chi connectivity index (χ2n) is 4.73. The molecule has 2 saturated heterocycles. The molecule has 2 aliphatic heterocycles. The first-order valence-electron chi connectivity index (χ1n) is 6.01. The van der Waals surface area contributed by atoms with Crippen molar-refractivity contribution in [2.75, 3.05) is 13.6 Å². The van der Waals surface area contributed by atoms with Crippen LogP contribution in [0.4, 0.5) is 4.79 Å². The molecule has 2 fully saturated rings. The standard InChI is InChI=1S/C11H17N3O5/c1-5-4-14(11(18)13-9(5)17)10-8(16)7(15)6(19-10)3-12-2/h3,5-8,10,15-16H,4H2,1-2H3,(H,13,17,18). The molecular weight excluding hydrogens is 254 g/mol. The van der Waals surface area contributed by atoms with Gasteiger partial charge in [-0.1, -0.05) is 6.92 Å². The Balaban J connectivity index is 2.13. The van der Waals surface area contributed by atoms with Gasteiger partial charge in [-0.2, -0.15) is 0 Å². The summed E-state index contributed by atoms with van der Waals surface area (Å²) < 4.78 is 5.42. The zero-order chi connectivity index (χ0) is 14.2. The molecule has 0 radical (unpaired) electrons. The van der Waals surface area contributed by atoms with Crippen molar-refractivity contribution in [1.29, 1.82) is 0 Å². The van der Waals surface area contributed by atoms with E-state index in [2.05, 4.69) is 10.3 Å². The molecule has 0 spiro atoms. The second-order valence-corrected chi connectivity index (χ2v) is 4.73. The monoisotopic (exact) mass is 271 g/mol. The minimum Gasteiger partial charge on any atom is -0.387 e. The van der Waals surface area contributed by atoms with Gasteiger partial charge in [0.15, 0.2) is 6.23 Å². The number of carbonyl (C=O) groups is 2. The fraction of sp³-hybridized carbons (Fsp3) is 0.727. The van der Waals surface area contributed by atoms with E-state index in [4.69, 9.17) is 4.74 Å². The van der Waals surface area contributed by atoms with Crippen molar-refractivity contribution >= 4 is 18.2 Å². The highest BCUT2D eigenvalue weighted by atomic mass is 16.6. The summed E-state index contributed by atoms with van der Waals surface area (Å²) >= 11 is 0. The number of hydrogen-bond acceptors (Lipinski definition) is 6. The molecule has 5 atom stereocenters. The van der Waals surface area contributed by atoms with Gasteiger partial charge in [0.05, 0.1) is 5.92 Å². The fourth-order valence-corrected chi connectivity index (χ4v) is 2.19. The van der Waals surface area contributed by atoms with E-state index in [1.807, 2.05) is 0 Å². The van der Waals surface area contributed by atoms with Crippen molar-refractivity contribution in [3.8, 4) is 0 Å². The number of aliphatic imine (C=N–C) groups is 1. The number of hydrogen-bond donors (Lipinski definition) is 3. The molecule has 2 rings (SSSR count). The molecule has 3 amide bonds. The maximum atomic E-state index is 11.7. The normalized spacial score (nSPS) is 40.0. The minimum atomic E-state index is -1.24. The van der Waals surface area contributed by atoms with Gasteiger partial charge in [0, 0.05) is 19.8 Å². The Morgan fingerprint density at radius 2 is 2.11 bits per heavy atom. The number of amides is 3. The predicted octanol–water partition coefficient (Wildman–Crippen LogP) is -1.68. The van der Waals surface area contributed by atoms with Crippen molar-refractivity contribution in [1.82, 2.24) is 10.2 Å². The van der Waals surface area contributed by atoms with E-state index in [0.29, 0.717) is 0 Å². The SMILES string of the molecule is CN=CC1OC(N2CC(C)C(=O)NC2=O)C(O)C1O. The van der Waals surface area contributed by atoms with Gasteiger partial charge in [-0.3, -0.25) is 20.0 Å². The van der Waals surface area contributed by atoms with E-state index in [1.54, 1.807) is 6.92 Å². The molecule has 2 aliphatic rings. The van der Waals surface area contributed by atoms with E-state index in [1.165, 1.54) is 18.2 Å². The molecule has 0 aromatic carbocycles. The Hall–Kier alpha value is -1.51. The zero-order valence-corrected chi connectivity index (χ0v) is 10.7. The molecule has 0 aromatic rings. The molecule has 2 heterocycles. The number of rotatable bonds is 2. The number of urea groups is 1. The van der Waals surface area contributed by atoms with Gasteiger partial charge in [-0.25, -0.2) is 4.79 Å². The highest BCUT2D eigenvalue weighted by Gasteiger charge is 2.48. The van der Waals surface area contributed by atoms with E-state index in [0.717, 1.165) is 0 Å². The molecule has 0 aromatic heterocycles. The van der Waals surface area contributed by atoms with Crippen LogP contribution in [0, 0.1) is 5.92 Å². The number of carbonyl (C=O) groups excluding carboxylic acids is 2. The topological polar surface area (TPSA) is 111 Å². The van der Waals surface area contributed by atoms with Crippen LogP contribution < -0.4 is 5.32 Å². The molecule has 3 N–H and O–H groups in total. The maximum absolute atomic E-state index is 11.7. The molecule has 0 aliphatic carbocycles. The first-order valence-corrected chi connectivity index (χ1v) is 6.01. The van der Waals surface area contributed by atoms with Crippen LogP contribution in [-0.4, -0.2) is 71.4 Å². The lowest BCUT2D eigenvalue weighted by Crippen LogP contribution is -2.59. The summed E-state index contributed by atoms with van der Waals surface area (Å²) in [7, 11) is 1.52. The third-order valence-electron chi connectivity index (χ3n) is 3.29. The first-order chi connectivity index (χ1) is 8.95. The van der Waals surface area contributed by atoms with Crippen LogP contribution in [0.2, 0.25) is 0 Å². The summed E-state index contributed by atoms with van der Waals surface area (Å²) in [6.45, 7) is 1.80. The summed E-state index contributed by atoms with van der Waals surface area (Å²) in [5, 5.41) is 21.9. The van der Waals surface area contributed by atoms with E-state index in [9.17, 15) is 19.8 Å². The number of aliphatic hydroxyl groups is 2. The molecule has 0 saturated carbocycles. The van der Waals surface area contributed by atoms with Crippen LogP contribution in [0.1, 0.15) is 6.92 Å². The van der Waals surface area contributed by atoms with Crippen molar-refractivity contribution in [3.05, 3.63) is 0 Å². The van der Waals surface area contributed by atoms with Gasteiger partial charge >= 0.3 is 6.03 Å². The molecule has 8 heteroatoms. The molecule has 5 unspecified atom stereocenters. The molecule has 106 valence electrons. The third-order valence-corrected chi connectivity index (χ3v) is 3.29. The third kappa shape index (κ3) is 2.46. The van der Waals surface area contributed by atoms with Crippen LogP contribution in [0.25, 0.3) is 0 Å². The molecule has 8 nitrogen and oxygen atoms in total. The van der Waals surface area contributed by atoms with Gasteiger partial charge in [0.2, 0.25) is 5.91 Å². The van der Waals surface area contributed by atoms with E-state index >= 15 is 0 Å². The van der Waals surface area contributed by atoms with Crippen molar-refractivity contribution < 1.29 is 24.5 Å². The number of ether oxygens (including phenoxy) is 1.